The van der Waals surface area contributed by atoms with Crippen molar-refractivity contribution in [2.45, 2.75) is 13.0 Å². The van der Waals surface area contributed by atoms with Gasteiger partial charge < -0.3 is 9.42 Å². The topological polar surface area (TPSA) is 89.5 Å². The summed E-state index contributed by atoms with van der Waals surface area (Å²) < 4.78 is 18.5. The third-order valence-electron chi connectivity index (χ3n) is 4.56. The molecule has 7 nitrogen and oxygen atoms in total. The maximum Gasteiger partial charge on any atom is 0.269 e. The van der Waals surface area contributed by atoms with E-state index >= 15 is 0 Å². The minimum Gasteiger partial charge on any atom is -0.356 e. The Morgan fingerprint density at radius 2 is 1.85 bits per heavy atom. The first kappa shape index (κ1) is 16.9. The fraction of sp³-hybridized carbons (Fsp3) is 0.158. The monoisotopic (exact) mass is 367 g/mol. The molecule has 4 rings (SSSR count). The lowest BCUT2D eigenvalue weighted by Crippen LogP contribution is -2.35. The molecule has 3 aromatic rings. The number of fused-ring (bicyclic) bond motifs is 1. The number of halogens is 1. The Morgan fingerprint density at radius 1 is 1.15 bits per heavy atom. The molecule has 8 heteroatoms. The average molecular weight is 367 g/mol. The second-order valence-electron chi connectivity index (χ2n) is 6.22. The molecule has 1 aliphatic rings. The molecular formula is C19H14FN3O4. The number of carbonyl (C=O) groups excluding carboxylic acids is 1. The van der Waals surface area contributed by atoms with Crippen LogP contribution < -0.4 is 0 Å². The second kappa shape index (κ2) is 6.64. The summed E-state index contributed by atoms with van der Waals surface area (Å²) in [5.41, 5.74) is 2.63. The van der Waals surface area contributed by atoms with Gasteiger partial charge in [-0.05, 0) is 42.8 Å². The fourth-order valence-electron chi connectivity index (χ4n) is 3.14. The molecule has 1 aliphatic heterocycles. The van der Waals surface area contributed by atoms with Crippen molar-refractivity contribution in [2.24, 2.45) is 0 Å². The summed E-state index contributed by atoms with van der Waals surface area (Å²) in [5, 5.41) is 14.8. The van der Waals surface area contributed by atoms with Gasteiger partial charge in [-0.25, -0.2) is 4.39 Å². The molecule has 27 heavy (non-hydrogen) atoms. The number of non-ortho nitro benzene ring substituents is 1. The first-order chi connectivity index (χ1) is 13.0. The number of nitrogens with zero attached hydrogens (tertiary/aromatic N) is 3. The Balaban J connectivity index is 1.54. The third kappa shape index (κ3) is 3.17. The van der Waals surface area contributed by atoms with Gasteiger partial charge in [0.05, 0.1) is 11.5 Å². The molecule has 1 amide bonds. The van der Waals surface area contributed by atoms with E-state index in [1.165, 1.54) is 36.4 Å². The number of nitro benzene ring substituents is 1. The van der Waals surface area contributed by atoms with Crippen LogP contribution in [0.15, 0.2) is 53.1 Å². The minimum absolute atomic E-state index is 0.0621. The number of aromatic nitrogens is 1. The van der Waals surface area contributed by atoms with Crippen molar-refractivity contribution < 1.29 is 18.6 Å². The van der Waals surface area contributed by atoms with Crippen molar-refractivity contribution in [1.82, 2.24) is 10.1 Å². The summed E-state index contributed by atoms with van der Waals surface area (Å²) in [7, 11) is 0. The Hall–Kier alpha value is -3.55. The molecule has 1 aromatic heterocycles. The Bertz CT molecular complexity index is 1010. The van der Waals surface area contributed by atoms with Gasteiger partial charge in [-0.1, -0.05) is 5.16 Å². The van der Waals surface area contributed by atoms with E-state index in [0.717, 1.165) is 11.1 Å². The zero-order valence-corrected chi connectivity index (χ0v) is 14.1. The van der Waals surface area contributed by atoms with Crippen molar-refractivity contribution >= 4 is 11.6 Å². The quantitative estimate of drug-likeness (QED) is 0.521. The first-order valence-electron chi connectivity index (χ1n) is 8.30. The first-order valence-corrected chi connectivity index (χ1v) is 8.30. The van der Waals surface area contributed by atoms with Gasteiger partial charge >= 0.3 is 0 Å². The smallest absolute Gasteiger partial charge is 0.269 e. The molecule has 0 unspecified atom stereocenters. The zero-order valence-electron chi connectivity index (χ0n) is 14.1. The summed E-state index contributed by atoms with van der Waals surface area (Å²) in [5.74, 6) is 0.0429. The number of carbonyl (C=O) groups is 1. The Kier molecular flexibility index (Phi) is 4.15. The maximum atomic E-state index is 13.1. The summed E-state index contributed by atoms with van der Waals surface area (Å²) in [6.45, 7) is 0.758. The molecule has 0 radical (unpaired) electrons. The highest BCUT2D eigenvalue weighted by molar-refractivity contribution is 5.94. The van der Waals surface area contributed by atoms with E-state index < -0.39 is 4.92 Å². The van der Waals surface area contributed by atoms with E-state index in [-0.39, 0.29) is 24.0 Å². The third-order valence-corrected chi connectivity index (χ3v) is 4.56. The molecule has 0 atom stereocenters. The highest BCUT2D eigenvalue weighted by Crippen LogP contribution is 2.31. The van der Waals surface area contributed by atoms with Crippen molar-refractivity contribution in [3.05, 3.63) is 81.3 Å². The number of benzene rings is 2. The predicted octanol–water partition coefficient (Wildman–Crippen LogP) is 3.59. The van der Waals surface area contributed by atoms with Gasteiger partial charge in [0.25, 0.3) is 11.6 Å². The van der Waals surface area contributed by atoms with Crippen LogP contribution in [0.4, 0.5) is 10.1 Å². The van der Waals surface area contributed by atoms with Crippen LogP contribution in [-0.2, 0) is 13.0 Å². The molecule has 2 aromatic carbocycles. The van der Waals surface area contributed by atoms with Gasteiger partial charge in [-0.15, -0.1) is 0 Å². The number of hydrogen-bond donors (Lipinski definition) is 0. The van der Waals surface area contributed by atoms with Crippen molar-refractivity contribution in [1.29, 1.82) is 0 Å². The zero-order chi connectivity index (χ0) is 19.0. The molecule has 0 N–H and O–H groups in total. The molecule has 0 saturated heterocycles. The van der Waals surface area contributed by atoms with Gasteiger partial charge in [0.15, 0.2) is 5.76 Å². The van der Waals surface area contributed by atoms with E-state index in [1.54, 1.807) is 17.0 Å². The minimum atomic E-state index is -0.506. The second-order valence-corrected chi connectivity index (χ2v) is 6.22. The molecule has 0 spiro atoms. The van der Waals surface area contributed by atoms with Gasteiger partial charge in [0.2, 0.25) is 0 Å². The molecule has 136 valence electrons. The highest BCUT2D eigenvalue weighted by Gasteiger charge is 2.28. The number of hydrogen-bond acceptors (Lipinski definition) is 5. The molecular weight excluding hydrogens is 353 g/mol. The SMILES string of the molecule is O=C(c1ccc([N+](=O)[O-])cc1)N1CCc2c(noc2-c2ccc(F)cc2)C1. The van der Waals surface area contributed by atoms with Crippen LogP contribution in [0, 0.1) is 15.9 Å². The van der Waals surface area contributed by atoms with E-state index in [9.17, 15) is 19.3 Å². The lowest BCUT2D eigenvalue weighted by molar-refractivity contribution is -0.384. The molecule has 0 aliphatic carbocycles. The normalized spacial score (nSPS) is 13.3. The van der Waals surface area contributed by atoms with E-state index in [4.69, 9.17) is 4.52 Å². The summed E-state index contributed by atoms with van der Waals surface area (Å²) in [6, 6.07) is 11.5. The summed E-state index contributed by atoms with van der Waals surface area (Å²) in [6.07, 6.45) is 0.560. The van der Waals surface area contributed by atoms with E-state index in [2.05, 4.69) is 5.16 Å². The maximum absolute atomic E-state index is 13.1. The van der Waals surface area contributed by atoms with Crippen LogP contribution in [0.1, 0.15) is 21.6 Å². The molecule has 0 bridgehead atoms. The van der Waals surface area contributed by atoms with E-state index in [1.807, 2.05) is 0 Å². The largest absolute Gasteiger partial charge is 0.356 e. The van der Waals surface area contributed by atoms with E-state index in [0.29, 0.717) is 30.0 Å². The number of amides is 1. The Morgan fingerprint density at radius 3 is 2.52 bits per heavy atom. The molecule has 0 fully saturated rings. The highest BCUT2D eigenvalue weighted by atomic mass is 19.1. The van der Waals surface area contributed by atoms with Crippen LogP contribution in [0.5, 0.6) is 0 Å². The van der Waals surface area contributed by atoms with Crippen LogP contribution >= 0.6 is 0 Å². The van der Waals surface area contributed by atoms with Crippen LogP contribution in [0.3, 0.4) is 0 Å². The predicted molar refractivity (Wildman–Crippen MR) is 93.4 cm³/mol. The lowest BCUT2D eigenvalue weighted by Gasteiger charge is -2.26. The summed E-state index contributed by atoms with van der Waals surface area (Å²) in [4.78, 5) is 24.5. The van der Waals surface area contributed by atoms with Gasteiger partial charge in [-0.2, -0.15) is 0 Å². The molecule has 2 heterocycles. The standard InChI is InChI=1S/C19H14FN3O4/c20-14-5-1-12(2-6-14)18-16-9-10-22(11-17(16)21-27-18)19(24)13-3-7-15(8-4-13)23(25)26/h1-8H,9-11H2. The van der Waals surface area contributed by atoms with Crippen LogP contribution in [-0.4, -0.2) is 27.4 Å². The average Bonchev–Trinajstić information content (AvgIpc) is 3.11. The van der Waals surface area contributed by atoms with Gasteiger partial charge in [0, 0.05) is 35.4 Å². The number of nitro groups is 1. The van der Waals surface area contributed by atoms with Crippen molar-refractivity contribution in [2.75, 3.05) is 6.54 Å². The molecule has 0 saturated carbocycles. The van der Waals surface area contributed by atoms with Crippen molar-refractivity contribution in [3.8, 4) is 11.3 Å². The van der Waals surface area contributed by atoms with Crippen LogP contribution in [0.2, 0.25) is 0 Å². The lowest BCUT2D eigenvalue weighted by atomic mass is 10.00. The Labute approximate surface area is 153 Å². The van der Waals surface area contributed by atoms with Crippen molar-refractivity contribution in [3.63, 3.8) is 0 Å². The summed E-state index contributed by atoms with van der Waals surface area (Å²) >= 11 is 0. The number of rotatable bonds is 3. The van der Waals surface area contributed by atoms with Crippen LogP contribution in [0.25, 0.3) is 11.3 Å². The fourth-order valence-corrected chi connectivity index (χ4v) is 3.14. The van der Waals surface area contributed by atoms with Gasteiger partial charge in [0.1, 0.15) is 11.5 Å². The van der Waals surface area contributed by atoms with Gasteiger partial charge in [-0.3, -0.25) is 14.9 Å².